The lowest BCUT2D eigenvalue weighted by molar-refractivity contribution is 0.149. The molecule has 66 valence electrons. The number of nitrogens with zero attached hydrogens (tertiary/aromatic N) is 1. The van der Waals surface area contributed by atoms with Gasteiger partial charge in [0.2, 0.25) is 0 Å². The zero-order valence-corrected chi connectivity index (χ0v) is 7.84. The second-order valence-corrected chi connectivity index (χ2v) is 3.70. The Bertz CT molecular complexity index is 114. The minimum Gasteiger partial charge on any atom is -0.384 e. The van der Waals surface area contributed by atoms with Gasteiger partial charge in [-0.05, 0) is 32.7 Å². The molecule has 0 spiro atoms. The van der Waals surface area contributed by atoms with Crippen molar-refractivity contribution in [1.82, 2.24) is 4.90 Å². The smallest absolute Gasteiger partial charge is 0.0503 e. The van der Waals surface area contributed by atoms with Gasteiger partial charge in [-0.1, -0.05) is 0 Å². The van der Waals surface area contributed by atoms with Crippen LogP contribution in [0.5, 0.6) is 0 Å². The Labute approximate surface area is 69.5 Å². The van der Waals surface area contributed by atoms with Gasteiger partial charge >= 0.3 is 0 Å². The first-order valence-corrected chi connectivity index (χ1v) is 4.47. The number of ether oxygens (including phenoxy) is 1. The fraction of sp³-hybridized carbons (Fsp3) is 1.00. The Kier molecular flexibility index (Phi) is 3.34. The molecule has 1 aliphatic heterocycles. The van der Waals surface area contributed by atoms with Crippen LogP contribution in [-0.4, -0.2) is 37.7 Å². The van der Waals surface area contributed by atoms with Crippen LogP contribution >= 0.6 is 0 Å². The summed E-state index contributed by atoms with van der Waals surface area (Å²) in [5.41, 5.74) is 0. The molecule has 0 aromatic heterocycles. The largest absolute Gasteiger partial charge is 0.384 e. The first-order valence-electron chi connectivity index (χ1n) is 4.47. The molecule has 0 saturated carbocycles. The molecular formula is C9H19NO. The molecule has 0 aromatic carbocycles. The highest BCUT2D eigenvalue weighted by Gasteiger charge is 2.23. The molecule has 0 unspecified atom stereocenters. The normalized spacial score (nSPS) is 26.7. The van der Waals surface area contributed by atoms with E-state index < -0.39 is 0 Å². The van der Waals surface area contributed by atoms with Crippen molar-refractivity contribution in [2.45, 2.75) is 26.3 Å². The van der Waals surface area contributed by atoms with Crippen molar-refractivity contribution >= 4 is 0 Å². The lowest BCUT2D eigenvalue weighted by Gasteiger charge is -2.19. The van der Waals surface area contributed by atoms with Crippen LogP contribution in [0.2, 0.25) is 0 Å². The topological polar surface area (TPSA) is 12.5 Å². The van der Waals surface area contributed by atoms with E-state index in [0.717, 1.165) is 12.5 Å². The van der Waals surface area contributed by atoms with Crippen LogP contribution in [0.15, 0.2) is 0 Å². The summed E-state index contributed by atoms with van der Waals surface area (Å²) in [6.45, 7) is 7.94. The van der Waals surface area contributed by atoms with Crippen LogP contribution in [0.4, 0.5) is 0 Å². The number of likely N-dealkylation sites (tertiary alicyclic amines) is 1. The van der Waals surface area contributed by atoms with Crippen molar-refractivity contribution < 1.29 is 4.74 Å². The number of hydrogen-bond donors (Lipinski definition) is 0. The predicted octanol–water partition coefficient (Wildman–Crippen LogP) is 1.36. The van der Waals surface area contributed by atoms with Crippen molar-refractivity contribution in [1.29, 1.82) is 0 Å². The van der Waals surface area contributed by atoms with Crippen molar-refractivity contribution in [2.24, 2.45) is 5.92 Å². The van der Waals surface area contributed by atoms with E-state index in [0.29, 0.717) is 6.04 Å². The Morgan fingerprint density at radius 3 is 2.73 bits per heavy atom. The molecule has 2 heteroatoms. The van der Waals surface area contributed by atoms with E-state index in [1.165, 1.54) is 19.5 Å². The molecule has 0 amide bonds. The highest BCUT2D eigenvalue weighted by Crippen LogP contribution is 2.18. The monoisotopic (exact) mass is 157 g/mol. The molecule has 0 N–H and O–H groups in total. The van der Waals surface area contributed by atoms with E-state index in [-0.39, 0.29) is 0 Å². The van der Waals surface area contributed by atoms with Gasteiger partial charge in [-0.2, -0.15) is 0 Å². The Morgan fingerprint density at radius 1 is 1.55 bits per heavy atom. The highest BCUT2D eigenvalue weighted by molar-refractivity contribution is 4.77. The molecule has 0 aromatic rings. The lowest BCUT2D eigenvalue weighted by Crippen LogP contribution is -2.28. The average molecular weight is 157 g/mol. The summed E-state index contributed by atoms with van der Waals surface area (Å²) in [5, 5.41) is 0. The third kappa shape index (κ3) is 2.46. The van der Waals surface area contributed by atoms with Gasteiger partial charge in [0.25, 0.3) is 0 Å². The number of methoxy groups -OCH3 is 1. The summed E-state index contributed by atoms with van der Waals surface area (Å²) >= 11 is 0. The van der Waals surface area contributed by atoms with E-state index in [4.69, 9.17) is 4.74 Å². The van der Waals surface area contributed by atoms with Crippen LogP contribution in [0.3, 0.4) is 0 Å². The van der Waals surface area contributed by atoms with Gasteiger partial charge in [-0.3, -0.25) is 0 Å². The maximum absolute atomic E-state index is 5.13. The minimum absolute atomic E-state index is 0.705. The summed E-state index contributed by atoms with van der Waals surface area (Å²) < 4.78 is 5.13. The number of hydrogen-bond acceptors (Lipinski definition) is 2. The number of rotatable bonds is 3. The molecule has 2 nitrogen and oxygen atoms in total. The Hall–Kier alpha value is -0.0800. The maximum Gasteiger partial charge on any atom is 0.0503 e. The summed E-state index contributed by atoms with van der Waals surface area (Å²) in [6, 6.07) is 0.705. The summed E-state index contributed by atoms with van der Waals surface area (Å²) in [5.74, 6) is 0.780. The van der Waals surface area contributed by atoms with Crippen molar-refractivity contribution in [3.63, 3.8) is 0 Å². The molecule has 1 atom stereocenters. The van der Waals surface area contributed by atoms with Crippen molar-refractivity contribution in [3.8, 4) is 0 Å². The van der Waals surface area contributed by atoms with Crippen LogP contribution < -0.4 is 0 Å². The second kappa shape index (κ2) is 4.07. The van der Waals surface area contributed by atoms with Crippen molar-refractivity contribution in [2.75, 3.05) is 26.8 Å². The van der Waals surface area contributed by atoms with Gasteiger partial charge in [-0.15, -0.1) is 0 Å². The molecule has 1 rings (SSSR count). The zero-order chi connectivity index (χ0) is 8.27. The Morgan fingerprint density at radius 2 is 2.27 bits per heavy atom. The molecule has 0 aliphatic carbocycles. The van der Waals surface area contributed by atoms with Gasteiger partial charge in [0, 0.05) is 19.7 Å². The molecule has 1 fully saturated rings. The molecule has 1 heterocycles. The van der Waals surface area contributed by atoms with Crippen LogP contribution in [0, 0.1) is 5.92 Å². The van der Waals surface area contributed by atoms with Gasteiger partial charge in [-0.25, -0.2) is 0 Å². The third-order valence-electron chi connectivity index (χ3n) is 2.45. The predicted molar refractivity (Wildman–Crippen MR) is 46.7 cm³/mol. The fourth-order valence-corrected chi connectivity index (χ4v) is 1.70. The zero-order valence-electron chi connectivity index (χ0n) is 7.84. The van der Waals surface area contributed by atoms with E-state index in [2.05, 4.69) is 18.7 Å². The second-order valence-electron chi connectivity index (χ2n) is 3.70. The SMILES string of the molecule is COC[C@H]1CCN(C(C)C)C1. The minimum atomic E-state index is 0.705. The molecule has 11 heavy (non-hydrogen) atoms. The molecular weight excluding hydrogens is 138 g/mol. The fourth-order valence-electron chi connectivity index (χ4n) is 1.70. The van der Waals surface area contributed by atoms with Crippen molar-refractivity contribution in [3.05, 3.63) is 0 Å². The first-order chi connectivity index (χ1) is 5.24. The van der Waals surface area contributed by atoms with Gasteiger partial charge in [0.15, 0.2) is 0 Å². The maximum atomic E-state index is 5.13. The van der Waals surface area contributed by atoms with E-state index >= 15 is 0 Å². The molecule has 1 aliphatic rings. The lowest BCUT2D eigenvalue weighted by atomic mass is 10.1. The standard InChI is InChI=1S/C9H19NO/c1-8(2)10-5-4-9(6-10)7-11-3/h8-9H,4-7H2,1-3H3/t9-/m0/s1. The summed E-state index contributed by atoms with van der Waals surface area (Å²) in [4.78, 5) is 2.52. The van der Waals surface area contributed by atoms with E-state index in [1.54, 1.807) is 7.11 Å². The summed E-state index contributed by atoms with van der Waals surface area (Å²) in [7, 11) is 1.79. The molecule has 0 bridgehead atoms. The molecule has 0 radical (unpaired) electrons. The molecule has 1 saturated heterocycles. The van der Waals surface area contributed by atoms with Gasteiger partial charge in [0.05, 0.1) is 6.61 Å². The van der Waals surface area contributed by atoms with Crippen LogP contribution in [0.25, 0.3) is 0 Å². The van der Waals surface area contributed by atoms with Gasteiger partial charge in [0.1, 0.15) is 0 Å². The van der Waals surface area contributed by atoms with Crippen LogP contribution in [0.1, 0.15) is 20.3 Å². The van der Waals surface area contributed by atoms with Crippen LogP contribution in [-0.2, 0) is 4.74 Å². The highest BCUT2D eigenvalue weighted by atomic mass is 16.5. The van der Waals surface area contributed by atoms with E-state index in [1.807, 2.05) is 0 Å². The quantitative estimate of drug-likeness (QED) is 0.613. The third-order valence-corrected chi connectivity index (χ3v) is 2.45. The van der Waals surface area contributed by atoms with Gasteiger partial charge < -0.3 is 9.64 Å². The first kappa shape index (κ1) is 9.01. The summed E-state index contributed by atoms with van der Waals surface area (Å²) in [6.07, 6.45) is 1.31. The van der Waals surface area contributed by atoms with E-state index in [9.17, 15) is 0 Å². The Balaban J connectivity index is 2.23. The average Bonchev–Trinajstić information content (AvgIpc) is 2.37.